The maximum Gasteiger partial charge on any atom is 0.371 e. The third-order valence-electron chi connectivity index (χ3n) is 2.58. The van der Waals surface area contributed by atoms with Crippen molar-refractivity contribution < 1.29 is 19.1 Å². The zero-order valence-electron chi connectivity index (χ0n) is 10.6. The number of furan rings is 1. The molecule has 1 aromatic carbocycles. The van der Waals surface area contributed by atoms with E-state index in [1.807, 2.05) is 24.3 Å². The number of rotatable bonds is 6. The van der Waals surface area contributed by atoms with Crippen molar-refractivity contribution in [3.8, 4) is 0 Å². The number of aromatic carboxylic acids is 1. The molecule has 100 valence electrons. The number of hydrogen-bond donors (Lipinski definition) is 2. The highest BCUT2D eigenvalue weighted by Gasteiger charge is 2.08. The Morgan fingerprint density at radius 3 is 2.89 bits per heavy atom. The second kappa shape index (κ2) is 6.06. The summed E-state index contributed by atoms with van der Waals surface area (Å²) in [6, 6.07) is 10.9. The van der Waals surface area contributed by atoms with Crippen LogP contribution in [0, 0.1) is 0 Å². The van der Waals surface area contributed by atoms with Crippen molar-refractivity contribution in [3.63, 3.8) is 0 Å². The van der Waals surface area contributed by atoms with Crippen molar-refractivity contribution >= 4 is 11.7 Å². The molecule has 0 spiro atoms. The van der Waals surface area contributed by atoms with E-state index in [1.165, 1.54) is 6.07 Å². The van der Waals surface area contributed by atoms with E-state index in [2.05, 4.69) is 5.32 Å². The number of anilines is 1. The van der Waals surface area contributed by atoms with Crippen molar-refractivity contribution in [3.05, 3.63) is 53.5 Å². The molecule has 0 saturated heterocycles. The standard InChI is InChI=1S/C14H15NO4/c1-18-9-10-3-2-4-11(7-10)15-8-12-5-6-13(19-12)14(16)17/h2-7,15H,8-9H2,1H3,(H,16,17). The van der Waals surface area contributed by atoms with E-state index in [0.29, 0.717) is 18.9 Å². The monoisotopic (exact) mass is 261 g/mol. The van der Waals surface area contributed by atoms with Gasteiger partial charge in [-0.3, -0.25) is 0 Å². The van der Waals surface area contributed by atoms with Gasteiger partial charge in [-0.05, 0) is 29.8 Å². The predicted octanol–water partition coefficient (Wildman–Crippen LogP) is 2.74. The van der Waals surface area contributed by atoms with Crippen LogP contribution in [0.25, 0.3) is 0 Å². The van der Waals surface area contributed by atoms with Crippen LogP contribution in [0.1, 0.15) is 21.9 Å². The smallest absolute Gasteiger partial charge is 0.371 e. The summed E-state index contributed by atoms with van der Waals surface area (Å²) < 4.78 is 10.2. The Hall–Kier alpha value is -2.27. The van der Waals surface area contributed by atoms with Crippen LogP contribution in [-0.2, 0) is 17.9 Å². The van der Waals surface area contributed by atoms with Crippen LogP contribution in [0.15, 0.2) is 40.8 Å². The van der Waals surface area contributed by atoms with Gasteiger partial charge in [0.25, 0.3) is 0 Å². The van der Waals surface area contributed by atoms with Gasteiger partial charge >= 0.3 is 5.97 Å². The molecule has 0 radical (unpaired) electrons. The van der Waals surface area contributed by atoms with Crippen LogP contribution in [-0.4, -0.2) is 18.2 Å². The average molecular weight is 261 g/mol. The molecule has 2 aromatic rings. The molecule has 0 aliphatic rings. The van der Waals surface area contributed by atoms with Gasteiger partial charge in [-0.2, -0.15) is 0 Å². The highest BCUT2D eigenvalue weighted by Crippen LogP contribution is 2.14. The zero-order valence-corrected chi connectivity index (χ0v) is 10.6. The van der Waals surface area contributed by atoms with Crippen LogP contribution < -0.4 is 5.32 Å². The predicted molar refractivity (Wildman–Crippen MR) is 70.1 cm³/mol. The molecule has 0 bridgehead atoms. The van der Waals surface area contributed by atoms with Crippen LogP contribution >= 0.6 is 0 Å². The third-order valence-corrected chi connectivity index (χ3v) is 2.58. The molecule has 19 heavy (non-hydrogen) atoms. The normalized spacial score (nSPS) is 10.4. The first-order valence-corrected chi connectivity index (χ1v) is 5.83. The molecule has 5 nitrogen and oxygen atoms in total. The van der Waals surface area contributed by atoms with Gasteiger partial charge in [0.15, 0.2) is 0 Å². The fourth-order valence-corrected chi connectivity index (χ4v) is 1.71. The minimum absolute atomic E-state index is 0.0510. The Morgan fingerprint density at radius 1 is 1.37 bits per heavy atom. The maximum absolute atomic E-state index is 10.7. The molecule has 2 N–H and O–H groups in total. The number of carboxylic acids is 1. The van der Waals surface area contributed by atoms with Gasteiger partial charge in [0.05, 0.1) is 13.2 Å². The largest absolute Gasteiger partial charge is 0.475 e. The van der Waals surface area contributed by atoms with Crippen molar-refractivity contribution in [2.75, 3.05) is 12.4 Å². The molecular weight excluding hydrogens is 246 g/mol. The lowest BCUT2D eigenvalue weighted by Gasteiger charge is -2.06. The molecule has 0 unspecified atom stereocenters. The van der Waals surface area contributed by atoms with E-state index in [-0.39, 0.29) is 5.76 Å². The molecule has 1 aromatic heterocycles. The Balaban J connectivity index is 1.97. The molecular formula is C14H15NO4. The molecule has 1 heterocycles. The molecule has 0 saturated carbocycles. The number of carbonyl (C=O) groups is 1. The first-order valence-electron chi connectivity index (χ1n) is 5.83. The van der Waals surface area contributed by atoms with E-state index >= 15 is 0 Å². The van der Waals surface area contributed by atoms with Crippen LogP contribution in [0.2, 0.25) is 0 Å². The van der Waals surface area contributed by atoms with Gasteiger partial charge in [0, 0.05) is 12.8 Å². The average Bonchev–Trinajstić information content (AvgIpc) is 2.86. The van der Waals surface area contributed by atoms with E-state index in [4.69, 9.17) is 14.3 Å². The van der Waals surface area contributed by atoms with E-state index in [0.717, 1.165) is 11.3 Å². The van der Waals surface area contributed by atoms with E-state index in [9.17, 15) is 4.79 Å². The van der Waals surface area contributed by atoms with Crippen LogP contribution in [0.5, 0.6) is 0 Å². The summed E-state index contributed by atoms with van der Waals surface area (Å²) >= 11 is 0. The maximum atomic E-state index is 10.7. The first-order chi connectivity index (χ1) is 9.19. The number of nitrogens with one attached hydrogen (secondary N) is 1. The summed E-state index contributed by atoms with van der Waals surface area (Å²) in [4.78, 5) is 10.7. The number of hydrogen-bond acceptors (Lipinski definition) is 4. The lowest BCUT2D eigenvalue weighted by molar-refractivity contribution is 0.0660. The number of methoxy groups -OCH3 is 1. The number of ether oxygens (including phenoxy) is 1. The van der Waals surface area contributed by atoms with E-state index in [1.54, 1.807) is 13.2 Å². The molecule has 0 fully saturated rings. The molecule has 0 aliphatic heterocycles. The minimum atomic E-state index is -1.06. The Bertz CT molecular complexity index is 562. The van der Waals surface area contributed by atoms with Crippen molar-refractivity contribution in [1.82, 2.24) is 0 Å². The topological polar surface area (TPSA) is 71.7 Å². The third kappa shape index (κ3) is 3.59. The molecule has 0 aliphatic carbocycles. The zero-order chi connectivity index (χ0) is 13.7. The van der Waals surface area contributed by atoms with Gasteiger partial charge in [-0.25, -0.2) is 4.79 Å². The number of carboxylic acid groups (broad SMARTS) is 1. The van der Waals surface area contributed by atoms with Crippen molar-refractivity contribution in [2.45, 2.75) is 13.2 Å². The van der Waals surface area contributed by atoms with Crippen molar-refractivity contribution in [2.24, 2.45) is 0 Å². The summed E-state index contributed by atoms with van der Waals surface area (Å²) in [5.41, 5.74) is 2.00. The van der Waals surface area contributed by atoms with Gasteiger partial charge in [0.1, 0.15) is 5.76 Å². The Kier molecular flexibility index (Phi) is 4.20. The van der Waals surface area contributed by atoms with Gasteiger partial charge in [-0.1, -0.05) is 12.1 Å². The molecule has 0 atom stereocenters. The summed E-state index contributed by atoms with van der Waals surface area (Å²) in [6.07, 6.45) is 0. The van der Waals surface area contributed by atoms with E-state index < -0.39 is 5.97 Å². The fraction of sp³-hybridized carbons (Fsp3) is 0.214. The summed E-state index contributed by atoms with van der Waals surface area (Å²) in [7, 11) is 1.65. The lowest BCUT2D eigenvalue weighted by Crippen LogP contribution is -1.99. The van der Waals surface area contributed by atoms with Crippen LogP contribution in [0.3, 0.4) is 0 Å². The SMILES string of the molecule is COCc1cccc(NCc2ccc(C(=O)O)o2)c1. The fourth-order valence-electron chi connectivity index (χ4n) is 1.71. The Labute approximate surface area is 110 Å². The summed E-state index contributed by atoms with van der Waals surface area (Å²) in [5.74, 6) is -0.534. The second-order valence-electron chi connectivity index (χ2n) is 4.06. The Morgan fingerprint density at radius 2 is 2.21 bits per heavy atom. The highest BCUT2D eigenvalue weighted by molar-refractivity contribution is 5.84. The quantitative estimate of drug-likeness (QED) is 0.836. The second-order valence-corrected chi connectivity index (χ2v) is 4.06. The molecule has 5 heteroatoms. The van der Waals surface area contributed by atoms with Gasteiger partial charge < -0.3 is 19.6 Å². The highest BCUT2D eigenvalue weighted by atomic mass is 16.5. The van der Waals surface area contributed by atoms with Gasteiger partial charge in [-0.15, -0.1) is 0 Å². The molecule has 2 rings (SSSR count). The molecule has 0 amide bonds. The summed E-state index contributed by atoms with van der Waals surface area (Å²) in [6.45, 7) is 0.989. The number of benzene rings is 1. The van der Waals surface area contributed by atoms with Crippen LogP contribution in [0.4, 0.5) is 5.69 Å². The summed E-state index contributed by atoms with van der Waals surface area (Å²) in [5, 5.41) is 11.9. The van der Waals surface area contributed by atoms with Crippen molar-refractivity contribution in [1.29, 1.82) is 0 Å². The minimum Gasteiger partial charge on any atom is -0.475 e. The first kappa shape index (κ1) is 13.2. The van der Waals surface area contributed by atoms with Gasteiger partial charge in [0.2, 0.25) is 5.76 Å². The lowest BCUT2D eigenvalue weighted by atomic mass is 10.2.